The van der Waals surface area contributed by atoms with E-state index in [2.05, 4.69) is 4.98 Å². The molecule has 0 aliphatic carbocycles. The van der Waals surface area contributed by atoms with Crippen molar-refractivity contribution in [3.63, 3.8) is 0 Å². The van der Waals surface area contributed by atoms with Gasteiger partial charge in [-0.2, -0.15) is 0 Å². The van der Waals surface area contributed by atoms with Crippen molar-refractivity contribution in [1.82, 2.24) is 9.88 Å². The predicted molar refractivity (Wildman–Crippen MR) is 71.7 cm³/mol. The molecule has 3 rings (SSSR count). The highest BCUT2D eigenvalue weighted by molar-refractivity contribution is 5.90. The first-order valence-corrected chi connectivity index (χ1v) is 6.72. The summed E-state index contributed by atoms with van der Waals surface area (Å²) in [6.07, 6.45) is 3.24. The molecule has 0 bridgehead atoms. The third-order valence-corrected chi connectivity index (χ3v) is 3.86. The van der Waals surface area contributed by atoms with E-state index in [9.17, 15) is 14.7 Å². The minimum Gasteiger partial charge on any atom is -0.548 e. The summed E-state index contributed by atoms with van der Waals surface area (Å²) < 4.78 is 0. The highest BCUT2D eigenvalue weighted by Crippen LogP contribution is 2.22. The molecular formula is C15H15N2O3-. The zero-order chi connectivity index (χ0) is 14.1. The molecule has 20 heavy (non-hydrogen) atoms. The zero-order valence-electron chi connectivity index (χ0n) is 11.0. The lowest BCUT2D eigenvalue weighted by atomic mass is 10.1. The van der Waals surface area contributed by atoms with Crippen LogP contribution in [0, 0.1) is 0 Å². The number of carboxylic acids is 1. The van der Waals surface area contributed by atoms with Crippen LogP contribution < -0.4 is 5.11 Å². The van der Waals surface area contributed by atoms with Crippen molar-refractivity contribution in [2.75, 3.05) is 6.54 Å². The van der Waals surface area contributed by atoms with Crippen LogP contribution in [-0.2, 0) is 16.0 Å². The van der Waals surface area contributed by atoms with E-state index in [4.69, 9.17) is 0 Å². The lowest BCUT2D eigenvalue weighted by molar-refractivity contribution is -0.310. The van der Waals surface area contributed by atoms with E-state index in [1.54, 1.807) is 0 Å². The Kier molecular flexibility index (Phi) is 3.18. The fourth-order valence-electron chi connectivity index (χ4n) is 2.85. The average molecular weight is 271 g/mol. The predicted octanol–water partition coefficient (Wildman–Crippen LogP) is 0.451. The number of benzene rings is 1. The van der Waals surface area contributed by atoms with Gasteiger partial charge in [0.1, 0.15) is 0 Å². The number of carbonyl (C=O) groups is 2. The standard InChI is InChI=1S/C15H16N2O3/c18-14(17-7-3-6-13(17)15(19)20)8-10-9-16-12-5-2-1-4-11(10)12/h1-2,4-5,9,13,16H,3,6-8H2,(H,19,20)/p-1/t13-/m0/s1. The first kappa shape index (κ1) is 12.7. The number of hydrogen-bond acceptors (Lipinski definition) is 3. The van der Waals surface area contributed by atoms with Gasteiger partial charge in [-0.3, -0.25) is 4.79 Å². The van der Waals surface area contributed by atoms with E-state index >= 15 is 0 Å². The van der Waals surface area contributed by atoms with Crippen LogP contribution in [0.15, 0.2) is 30.5 Å². The molecule has 0 spiro atoms. The van der Waals surface area contributed by atoms with Gasteiger partial charge >= 0.3 is 0 Å². The Morgan fingerprint density at radius 1 is 1.35 bits per heavy atom. The van der Waals surface area contributed by atoms with Crippen molar-refractivity contribution < 1.29 is 14.7 Å². The van der Waals surface area contributed by atoms with Gasteiger partial charge in [0.2, 0.25) is 5.91 Å². The summed E-state index contributed by atoms with van der Waals surface area (Å²) in [4.78, 5) is 27.9. The molecule has 2 aromatic rings. The highest BCUT2D eigenvalue weighted by Gasteiger charge is 2.29. The Morgan fingerprint density at radius 3 is 2.95 bits per heavy atom. The number of para-hydroxylation sites is 1. The van der Waals surface area contributed by atoms with Gasteiger partial charge in [0.15, 0.2) is 0 Å². The second-order valence-corrected chi connectivity index (χ2v) is 5.10. The molecule has 0 saturated carbocycles. The number of nitrogens with zero attached hydrogens (tertiary/aromatic N) is 1. The van der Waals surface area contributed by atoms with Crippen molar-refractivity contribution >= 4 is 22.8 Å². The van der Waals surface area contributed by atoms with E-state index in [1.165, 1.54) is 4.90 Å². The first-order valence-electron chi connectivity index (χ1n) is 6.72. The number of carbonyl (C=O) groups excluding carboxylic acids is 2. The SMILES string of the molecule is O=C([O-])[C@@H]1CCCN1C(=O)Cc1c[nH]c2ccccc12. The third-order valence-electron chi connectivity index (χ3n) is 3.86. The van der Waals surface area contributed by atoms with Gasteiger partial charge in [0.05, 0.1) is 18.4 Å². The molecule has 104 valence electrons. The van der Waals surface area contributed by atoms with E-state index in [0.717, 1.165) is 22.9 Å². The second-order valence-electron chi connectivity index (χ2n) is 5.10. The molecular weight excluding hydrogens is 256 g/mol. The second kappa shape index (κ2) is 5.00. The van der Waals surface area contributed by atoms with Crippen LogP contribution in [0.4, 0.5) is 0 Å². The van der Waals surface area contributed by atoms with Crippen LogP contribution in [0.1, 0.15) is 18.4 Å². The van der Waals surface area contributed by atoms with Gasteiger partial charge in [0, 0.05) is 23.6 Å². The topological polar surface area (TPSA) is 76.2 Å². The summed E-state index contributed by atoms with van der Waals surface area (Å²) in [5, 5.41) is 12.0. The number of hydrogen-bond donors (Lipinski definition) is 1. The number of carboxylic acid groups (broad SMARTS) is 1. The van der Waals surface area contributed by atoms with E-state index in [0.29, 0.717) is 13.0 Å². The normalized spacial score (nSPS) is 18.6. The van der Waals surface area contributed by atoms with Crippen LogP contribution >= 0.6 is 0 Å². The Balaban J connectivity index is 1.80. The summed E-state index contributed by atoms with van der Waals surface area (Å²) in [5.74, 6) is -1.31. The molecule has 1 aromatic carbocycles. The van der Waals surface area contributed by atoms with Crippen LogP contribution in [0.5, 0.6) is 0 Å². The molecule has 0 radical (unpaired) electrons. The minimum absolute atomic E-state index is 0.151. The maximum Gasteiger partial charge on any atom is 0.227 e. The van der Waals surface area contributed by atoms with Gasteiger partial charge in [-0.1, -0.05) is 18.2 Å². The molecule has 1 fully saturated rings. The Morgan fingerprint density at radius 2 is 2.15 bits per heavy atom. The van der Waals surface area contributed by atoms with Gasteiger partial charge in [-0.25, -0.2) is 0 Å². The summed E-state index contributed by atoms with van der Waals surface area (Å²) in [5.41, 5.74) is 1.88. The van der Waals surface area contributed by atoms with Gasteiger partial charge in [0.25, 0.3) is 0 Å². The van der Waals surface area contributed by atoms with Crippen LogP contribution in [0.2, 0.25) is 0 Å². The third kappa shape index (κ3) is 2.15. The van der Waals surface area contributed by atoms with Crippen molar-refractivity contribution in [2.45, 2.75) is 25.3 Å². The van der Waals surface area contributed by atoms with Crippen LogP contribution in [-0.4, -0.2) is 34.3 Å². The summed E-state index contributed by atoms with van der Waals surface area (Å²) in [6.45, 7) is 0.500. The fraction of sp³-hybridized carbons (Fsp3) is 0.333. The minimum atomic E-state index is -1.16. The largest absolute Gasteiger partial charge is 0.548 e. The number of aliphatic carboxylic acids is 1. The molecule has 0 unspecified atom stereocenters. The number of nitrogens with one attached hydrogen (secondary N) is 1. The highest BCUT2D eigenvalue weighted by atomic mass is 16.4. The summed E-state index contributed by atoms with van der Waals surface area (Å²) in [6, 6.07) is 6.98. The molecule has 1 aromatic heterocycles. The quantitative estimate of drug-likeness (QED) is 0.880. The van der Waals surface area contributed by atoms with Crippen molar-refractivity contribution in [3.05, 3.63) is 36.0 Å². The number of rotatable bonds is 3. The summed E-state index contributed by atoms with van der Waals surface area (Å²) >= 11 is 0. The maximum atomic E-state index is 12.3. The number of amides is 1. The molecule has 5 heteroatoms. The summed E-state index contributed by atoms with van der Waals surface area (Å²) in [7, 11) is 0. The van der Waals surface area contributed by atoms with Crippen molar-refractivity contribution in [3.8, 4) is 0 Å². The smallest absolute Gasteiger partial charge is 0.227 e. The van der Waals surface area contributed by atoms with E-state index < -0.39 is 12.0 Å². The lowest BCUT2D eigenvalue weighted by Crippen LogP contribution is -2.47. The lowest BCUT2D eigenvalue weighted by Gasteiger charge is -2.25. The van der Waals surface area contributed by atoms with Crippen LogP contribution in [0.3, 0.4) is 0 Å². The number of likely N-dealkylation sites (tertiary alicyclic amines) is 1. The molecule has 5 nitrogen and oxygen atoms in total. The Hall–Kier alpha value is -2.30. The molecule has 1 amide bonds. The fourth-order valence-corrected chi connectivity index (χ4v) is 2.85. The molecule has 1 N–H and O–H groups in total. The first-order chi connectivity index (χ1) is 9.66. The maximum absolute atomic E-state index is 12.3. The van der Waals surface area contributed by atoms with Gasteiger partial charge in [-0.15, -0.1) is 0 Å². The average Bonchev–Trinajstić information content (AvgIpc) is 3.06. The van der Waals surface area contributed by atoms with Crippen molar-refractivity contribution in [1.29, 1.82) is 0 Å². The molecule has 1 aliphatic rings. The number of aromatic nitrogens is 1. The number of fused-ring (bicyclic) bond motifs is 1. The van der Waals surface area contributed by atoms with E-state index in [1.807, 2.05) is 30.5 Å². The number of aromatic amines is 1. The Bertz CT molecular complexity index is 662. The Labute approximate surface area is 116 Å². The zero-order valence-corrected chi connectivity index (χ0v) is 11.0. The van der Waals surface area contributed by atoms with Crippen LogP contribution in [0.25, 0.3) is 10.9 Å². The van der Waals surface area contributed by atoms with E-state index in [-0.39, 0.29) is 12.3 Å². The molecule has 1 saturated heterocycles. The van der Waals surface area contributed by atoms with Gasteiger partial charge in [-0.05, 0) is 24.5 Å². The van der Waals surface area contributed by atoms with Gasteiger partial charge < -0.3 is 19.8 Å². The molecule has 2 heterocycles. The molecule has 1 aliphatic heterocycles. The molecule has 1 atom stereocenters. The number of H-pyrrole nitrogens is 1. The monoisotopic (exact) mass is 271 g/mol. The van der Waals surface area contributed by atoms with Crippen molar-refractivity contribution in [2.24, 2.45) is 0 Å².